The molecule has 1 unspecified atom stereocenters. The van der Waals surface area contributed by atoms with Crippen molar-refractivity contribution < 1.29 is 9.53 Å². The average molecular weight is 216 g/mol. The fourth-order valence-electron chi connectivity index (χ4n) is 4.00. The molecule has 2 heteroatoms. The third-order valence-corrected chi connectivity index (χ3v) is 4.78. The Bertz CT molecular complexity index is 420. The summed E-state index contributed by atoms with van der Waals surface area (Å²) in [6.45, 7) is 0. The molecule has 2 nitrogen and oxygen atoms in total. The molecule has 0 aromatic heterocycles. The van der Waals surface area contributed by atoms with Crippen LogP contribution in [0, 0.1) is 11.8 Å². The standard InChI is InChI=1S/C14H16O2/c15-11-4-3-9-8-10-2-1-6-14(10)7-5-12(16-14)13(9)11/h5,7-8,10,12-13H,1-4,6H2/t10-,12+,13?,14-/m0/s1. The van der Waals surface area contributed by atoms with E-state index in [-0.39, 0.29) is 17.6 Å². The highest BCUT2D eigenvalue weighted by atomic mass is 16.5. The summed E-state index contributed by atoms with van der Waals surface area (Å²) >= 11 is 0. The summed E-state index contributed by atoms with van der Waals surface area (Å²) in [5.74, 6) is 0.971. The van der Waals surface area contributed by atoms with E-state index in [9.17, 15) is 4.79 Å². The Morgan fingerprint density at radius 1 is 1.38 bits per heavy atom. The normalized spacial score (nSPS) is 48.9. The summed E-state index contributed by atoms with van der Waals surface area (Å²) in [7, 11) is 0. The van der Waals surface area contributed by atoms with Gasteiger partial charge in [0, 0.05) is 12.3 Å². The summed E-state index contributed by atoms with van der Waals surface area (Å²) in [6, 6.07) is 0. The van der Waals surface area contributed by atoms with Gasteiger partial charge >= 0.3 is 0 Å². The molecule has 2 bridgehead atoms. The molecule has 0 radical (unpaired) electrons. The van der Waals surface area contributed by atoms with Crippen molar-refractivity contribution in [3.05, 3.63) is 23.8 Å². The molecular weight excluding hydrogens is 200 g/mol. The lowest BCUT2D eigenvalue weighted by atomic mass is 9.86. The van der Waals surface area contributed by atoms with Gasteiger partial charge in [0.15, 0.2) is 0 Å². The van der Waals surface area contributed by atoms with Gasteiger partial charge in [-0.1, -0.05) is 23.8 Å². The molecule has 0 aromatic carbocycles. The molecule has 0 N–H and O–H groups in total. The molecule has 4 aliphatic rings. The van der Waals surface area contributed by atoms with Crippen LogP contribution >= 0.6 is 0 Å². The second-order valence-corrected chi connectivity index (χ2v) is 5.58. The third kappa shape index (κ3) is 0.988. The lowest BCUT2D eigenvalue weighted by molar-refractivity contribution is -0.125. The first-order valence-electron chi connectivity index (χ1n) is 6.39. The maximum Gasteiger partial charge on any atom is 0.143 e. The Morgan fingerprint density at radius 3 is 3.25 bits per heavy atom. The molecule has 4 atom stereocenters. The van der Waals surface area contributed by atoms with Crippen molar-refractivity contribution >= 4 is 5.78 Å². The zero-order chi connectivity index (χ0) is 10.8. The maximum absolute atomic E-state index is 11.9. The highest BCUT2D eigenvalue weighted by Crippen LogP contribution is 2.51. The number of carbonyl (C=O) groups excluding carboxylic acids is 1. The van der Waals surface area contributed by atoms with E-state index in [1.54, 1.807) is 0 Å². The number of Topliss-reactive ketones (excluding diaryl/α,β-unsaturated/α-hetero) is 1. The molecule has 0 aromatic rings. The molecular formula is C14H16O2. The van der Waals surface area contributed by atoms with Crippen molar-refractivity contribution in [2.75, 3.05) is 0 Å². The van der Waals surface area contributed by atoms with Gasteiger partial charge in [-0.15, -0.1) is 0 Å². The van der Waals surface area contributed by atoms with Gasteiger partial charge in [0.2, 0.25) is 0 Å². The highest BCUT2D eigenvalue weighted by molar-refractivity contribution is 5.88. The van der Waals surface area contributed by atoms with Crippen LogP contribution in [0.2, 0.25) is 0 Å². The van der Waals surface area contributed by atoms with Crippen LogP contribution in [-0.4, -0.2) is 17.5 Å². The van der Waals surface area contributed by atoms with Crippen molar-refractivity contribution in [1.29, 1.82) is 0 Å². The molecule has 2 aliphatic carbocycles. The van der Waals surface area contributed by atoms with Gasteiger partial charge < -0.3 is 4.74 Å². The van der Waals surface area contributed by atoms with E-state index in [1.807, 2.05) is 0 Å². The largest absolute Gasteiger partial charge is 0.362 e. The second kappa shape index (κ2) is 2.86. The lowest BCUT2D eigenvalue weighted by Crippen LogP contribution is -2.33. The van der Waals surface area contributed by atoms with Gasteiger partial charge in [-0.05, 0) is 25.7 Å². The first-order chi connectivity index (χ1) is 7.78. The van der Waals surface area contributed by atoms with E-state index in [0.29, 0.717) is 11.7 Å². The van der Waals surface area contributed by atoms with Gasteiger partial charge in [0.05, 0.1) is 17.6 Å². The summed E-state index contributed by atoms with van der Waals surface area (Å²) < 4.78 is 6.23. The number of carbonyl (C=O) groups is 1. The van der Waals surface area contributed by atoms with Crippen molar-refractivity contribution in [2.45, 2.75) is 43.8 Å². The Morgan fingerprint density at radius 2 is 2.31 bits per heavy atom. The fourth-order valence-corrected chi connectivity index (χ4v) is 4.00. The van der Waals surface area contributed by atoms with E-state index in [4.69, 9.17) is 4.74 Å². The maximum atomic E-state index is 11.9. The molecule has 0 amide bonds. The molecule has 1 spiro atoms. The SMILES string of the molecule is O=C1CCC2=C[C@@H]3CCC[C@]34C=C[C@@H](O4)C12. The number of ether oxygens (including phenoxy) is 1. The summed E-state index contributed by atoms with van der Waals surface area (Å²) in [6.07, 6.45) is 12.1. The number of ketones is 1. The van der Waals surface area contributed by atoms with Gasteiger partial charge in [-0.3, -0.25) is 4.79 Å². The monoisotopic (exact) mass is 216 g/mol. The zero-order valence-electron chi connectivity index (χ0n) is 9.32. The van der Waals surface area contributed by atoms with Crippen LogP contribution in [0.25, 0.3) is 0 Å². The summed E-state index contributed by atoms with van der Waals surface area (Å²) in [4.78, 5) is 11.9. The molecule has 4 rings (SSSR count). The first-order valence-corrected chi connectivity index (χ1v) is 6.39. The van der Waals surface area contributed by atoms with Crippen LogP contribution in [0.3, 0.4) is 0 Å². The van der Waals surface area contributed by atoms with Crippen LogP contribution in [0.1, 0.15) is 32.1 Å². The third-order valence-electron chi connectivity index (χ3n) is 4.78. The zero-order valence-corrected chi connectivity index (χ0v) is 9.32. The Hall–Kier alpha value is -0.890. The quantitative estimate of drug-likeness (QED) is 0.581. The number of rotatable bonds is 0. The minimum atomic E-state index is -0.0394. The van der Waals surface area contributed by atoms with E-state index >= 15 is 0 Å². The average Bonchev–Trinajstić information content (AvgIpc) is 2.90. The van der Waals surface area contributed by atoms with Crippen LogP contribution in [0.15, 0.2) is 23.8 Å². The smallest absolute Gasteiger partial charge is 0.143 e. The molecule has 2 heterocycles. The van der Waals surface area contributed by atoms with Gasteiger partial charge in [0.25, 0.3) is 0 Å². The second-order valence-electron chi connectivity index (χ2n) is 5.58. The van der Waals surface area contributed by atoms with Crippen LogP contribution in [0.5, 0.6) is 0 Å². The minimum Gasteiger partial charge on any atom is -0.362 e. The van der Waals surface area contributed by atoms with E-state index in [0.717, 1.165) is 19.3 Å². The Labute approximate surface area is 95.4 Å². The highest BCUT2D eigenvalue weighted by Gasteiger charge is 2.51. The Balaban J connectivity index is 1.84. The fraction of sp³-hybridized carbons (Fsp3) is 0.643. The summed E-state index contributed by atoms with van der Waals surface area (Å²) in [5, 5.41) is 0. The van der Waals surface area contributed by atoms with E-state index in [2.05, 4.69) is 18.2 Å². The predicted octanol–water partition coefficient (Wildman–Crippen LogP) is 2.40. The van der Waals surface area contributed by atoms with E-state index < -0.39 is 0 Å². The minimum absolute atomic E-state index is 0.0394. The molecule has 84 valence electrons. The van der Waals surface area contributed by atoms with Crippen molar-refractivity contribution in [2.24, 2.45) is 11.8 Å². The van der Waals surface area contributed by atoms with Crippen molar-refractivity contribution in [1.82, 2.24) is 0 Å². The van der Waals surface area contributed by atoms with Crippen LogP contribution < -0.4 is 0 Å². The van der Waals surface area contributed by atoms with Crippen LogP contribution in [-0.2, 0) is 9.53 Å². The van der Waals surface area contributed by atoms with Crippen molar-refractivity contribution in [3.63, 3.8) is 0 Å². The van der Waals surface area contributed by atoms with E-state index in [1.165, 1.54) is 18.4 Å². The topological polar surface area (TPSA) is 26.3 Å². The summed E-state index contributed by atoms with van der Waals surface area (Å²) in [5.41, 5.74) is 1.33. The molecule has 2 fully saturated rings. The predicted molar refractivity (Wildman–Crippen MR) is 59.9 cm³/mol. The molecule has 0 saturated heterocycles. The van der Waals surface area contributed by atoms with Crippen LogP contribution in [0.4, 0.5) is 0 Å². The lowest BCUT2D eigenvalue weighted by Gasteiger charge is -2.28. The number of fused-ring (bicyclic) bond motifs is 3. The van der Waals surface area contributed by atoms with Gasteiger partial charge in [-0.2, -0.15) is 0 Å². The van der Waals surface area contributed by atoms with Gasteiger partial charge in [-0.25, -0.2) is 0 Å². The molecule has 2 aliphatic heterocycles. The Kier molecular flexibility index (Phi) is 1.64. The van der Waals surface area contributed by atoms with Gasteiger partial charge in [0.1, 0.15) is 5.78 Å². The number of hydrogen-bond donors (Lipinski definition) is 0. The molecule has 16 heavy (non-hydrogen) atoms. The number of hydrogen-bond acceptors (Lipinski definition) is 2. The van der Waals surface area contributed by atoms with Crippen molar-refractivity contribution in [3.8, 4) is 0 Å². The first kappa shape index (κ1) is 9.17. The molecule has 2 saturated carbocycles.